The van der Waals surface area contributed by atoms with Gasteiger partial charge in [0.15, 0.2) is 0 Å². The first-order valence-corrected chi connectivity index (χ1v) is 8.27. The van der Waals surface area contributed by atoms with Crippen molar-refractivity contribution in [3.63, 3.8) is 0 Å². The number of rotatable bonds is 5. The van der Waals surface area contributed by atoms with E-state index in [1.165, 1.54) is 5.56 Å². The standard InChI is InChI=1S/C22H22N2/c1-18(19-11-5-2-6-12-19)17-24(21-15-9-4-10-16-21)22(23)20-13-7-3-8-14-20/h2-16,18,23H,17H2,1H3. The Hall–Kier alpha value is -2.87. The third-order valence-electron chi connectivity index (χ3n) is 4.21. The van der Waals surface area contributed by atoms with Crippen LogP contribution in [-0.2, 0) is 0 Å². The summed E-state index contributed by atoms with van der Waals surface area (Å²) in [4.78, 5) is 2.09. The van der Waals surface area contributed by atoms with Gasteiger partial charge in [-0.15, -0.1) is 0 Å². The molecule has 0 bridgehead atoms. The van der Waals surface area contributed by atoms with Gasteiger partial charge in [-0.1, -0.05) is 85.8 Å². The van der Waals surface area contributed by atoms with Crippen LogP contribution in [0.4, 0.5) is 5.69 Å². The number of benzene rings is 3. The van der Waals surface area contributed by atoms with Crippen LogP contribution in [0.3, 0.4) is 0 Å². The molecule has 1 unspecified atom stereocenters. The fourth-order valence-electron chi connectivity index (χ4n) is 2.85. The molecule has 0 spiro atoms. The van der Waals surface area contributed by atoms with Crippen LogP contribution in [0.1, 0.15) is 24.0 Å². The maximum atomic E-state index is 8.71. The molecule has 2 heteroatoms. The number of amidine groups is 1. The lowest BCUT2D eigenvalue weighted by Crippen LogP contribution is -2.34. The minimum atomic E-state index is 0.329. The molecule has 0 radical (unpaired) electrons. The zero-order valence-electron chi connectivity index (χ0n) is 13.9. The minimum Gasteiger partial charge on any atom is -0.326 e. The van der Waals surface area contributed by atoms with Gasteiger partial charge in [0.05, 0.1) is 0 Å². The second-order valence-electron chi connectivity index (χ2n) is 5.97. The number of hydrogen-bond donors (Lipinski definition) is 1. The molecule has 24 heavy (non-hydrogen) atoms. The van der Waals surface area contributed by atoms with E-state index in [1.54, 1.807) is 0 Å². The topological polar surface area (TPSA) is 27.1 Å². The van der Waals surface area contributed by atoms with Crippen molar-refractivity contribution in [2.45, 2.75) is 12.8 Å². The van der Waals surface area contributed by atoms with E-state index in [2.05, 4.69) is 48.2 Å². The fraction of sp³-hybridized carbons (Fsp3) is 0.136. The SMILES string of the molecule is CC(CN(C(=N)c1ccccc1)c1ccccc1)c1ccccc1. The summed E-state index contributed by atoms with van der Waals surface area (Å²) in [6.45, 7) is 2.98. The number of nitrogens with zero attached hydrogens (tertiary/aromatic N) is 1. The molecule has 1 N–H and O–H groups in total. The maximum Gasteiger partial charge on any atom is 0.132 e. The molecule has 0 saturated heterocycles. The normalized spacial score (nSPS) is 11.7. The zero-order chi connectivity index (χ0) is 16.8. The van der Waals surface area contributed by atoms with Crippen LogP contribution in [0.5, 0.6) is 0 Å². The highest BCUT2D eigenvalue weighted by Gasteiger charge is 2.17. The van der Waals surface area contributed by atoms with Gasteiger partial charge in [0.1, 0.15) is 5.84 Å². The van der Waals surface area contributed by atoms with Crippen molar-refractivity contribution in [1.29, 1.82) is 5.41 Å². The molecular formula is C22H22N2. The summed E-state index contributed by atoms with van der Waals surface area (Å²) in [5.74, 6) is 0.861. The molecule has 3 rings (SSSR count). The Balaban J connectivity index is 1.90. The number of nitrogens with one attached hydrogen (secondary N) is 1. The molecule has 1 atom stereocenters. The Morgan fingerprint density at radius 2 is 1.29 bits per heavy atom. The predicted molar refractivity (Wildman–Crippen MR) is 102 cm³/mol. The van der Waals surface area contributed by atoms with Gasteiger partial charge in [-0.2, -0.15) is 0 Å². The van der Waals surface area contributed by atoms with E-state index in [9.17, 15) is 0 Å². The largest absolute Gasteiger partial charge is 0.326 e. The molecule has 0 aliphatic heterocycles. The first kappa shape index (κ1) is 16.0. The van der Waals surface area contributed by atoms with Gasteiger partial charge in [0, 0.05) is 17.8 Å². The highest BCUT2D eigenvalue weighted by atomic mass is 15.2. The van der Waals surface area contributed by atoms with E-state index in [4.69, 9.17) is 5.41 Å². The van der Waals surface area contributed by atoms with Crippen molar-refractivity contribution in [1.82, 2.24) is 0 Å². The molecule has 0 aromatic heterocycles. The van der Waals surface area contributed by atoms with Crippen molar-refractivity contribution < 1.29 is 0 Å². The molecule has 0 saturated carbocycles. The van der Waals surface area contributed by atoms with E-state index in [0.29, 0.717) is 11.8 Å². The smallest absolute Gasteiger partial charge is 0.132 e. The average molecular weight is 314 g/mol. The van der Waals surface area contributed by atoms with Crippen molar-refractivity contribution >= 4 is 11.5 Å². The van der Waals surface area contributed by atoms with Crippen LogP contribution in [0, 0.1) is 5.41 Å². The first-order chi connectivity index (χ1) is 11.8. The Labute approximate surface area is 143 Å². The summed E-state index contributed by atoms with van der Waals surface area (Å²) in [7, 11) is 0. The second-order valence-corrected chi connectivity index (χ2v) is 5.97. The van der Waals surface area contributed by atoms with Crippen LogP contribution < -0.4 is 4.90 Å². The van der Waals surface area contributed by atoms with Crippen LogP contribution in [-0.4, -0.2) is 12.4 Å². The molecule has 0 aliphatic carbocycles. The molecule has 2 nitrogen and oxygen atoms in total. The first-order valence-electron chi connectivity index (χ1n) is 8.27. The number of anilines is 1. The van der Waals surface area contributed by atoms with E-state index in [0.717, 1.165) is 17.8 Å². The molecule has 0 amide bonds. The van der Waals surface area contributed by atoms with Crippen molar-refractivity contribution in [2.75, 3.05) is 11.4 Å². The Morgan fingerprint density at radius 3 is 1.88 bits per heavy atom. The van der Waals surface area contributed by atoms with Crippen LogP contribution in [0.2, 0.25) is 0 Å². The molecule has 0 fully saturated rings. The van der Waals surface area contributed by atoms with Gasteiger partial charge in [-0.05, 0) is 23.6 Å². The fourth-order valence-corrected chi connectivity index (χ4v) is 2.85. The van der Waals surface area contributed by atoms with Gasteiger partial charge in [0.25, 0.3) is 0 Å². The van der Waals surface area contributed by atoms with Crippen molar-refractivity contribution in [3.8, 4) is 0 Å². The molecule has 3 aromatic rings. The van der Waals surface area contributed by atoms with Gasteiger partial charge < -0.3 is 4.90 Å². The Kier molecular flexibility index (Phi) is 5.07. The van der Waals surface area contributed by atoms with Gasteiger partial charge >= 0.3 is 0 Å². The molecular weight excluding hydrogens is 292 g/mol. The highest BCUT2D eigenvalue weighted by Crippen LogP contribution is 2.23. The van der Waals surface area contributed by atoms with Crippen molar-refractivity contribution in [2.24, 2.45) is 0 Å². The summed E-state index contributed by atoms with van der Waals surface area (Å²) < 4.78 is 0. The minimum absolute atomic E-state index is 0.329. The van der Waals surface area contributed by atoms with Gasteiger partial charge in [0.2, 0.25) is 0 Å². The summed E-state index contributed by atoms with van der Waals surface area (Å²) in [5.41, 5.74) is 3.27. The van der Waals surface area contributed by atoms with Crippen molar-refractivity contribution in [3.05, 3.63) is 102 Å². The van der Waals surface area contributed by atoms with Crippen LogP contribution >= 0.6 is 0 Å². The summed E-state index contributed by atoms with van der Waals surface area (Å²) in [5, 5.41) is 8.71. The molecule has 120 valence electrons. The third-order valence-corrected chi connectivity index (χ3v) is 4.21. The van der Waals surface area contributed by atoms with Crippen LogP contribution in [0.15, 0.2) is 91.0 Å². The maximum absolute atomic E-state index is 8.71. The monoisotopic (exact) mass is 314 g/mol. The number of para-hydroxylation sites is 1. The third kappa shape index (κ3) is 3.72. The summed E-state index contributed by atoms with van der Waals surface area (Å²) in [6, 6.07) is 30.6. The molecule has 0 heterocycles. The molecule has 3 aromatic carbocycles. The van der Waals surface area contributed by atoms with Gasteiger partial charge in [-0.3, -0.25) is 5.41 Å². The van der Waals surface area contributed by atoms with E-state index >= 15 is 0 Å². The van der Waals surface area contributed by atoms with E-state index < -0.39 is 0 Å². The van der Waals surface area contributed by atoms with E-state index in [1.807, 2.05) is 54.6 Å². The van der Waals surface area contributed by atoms with Crippen LogP contribution in [0.25, 0.3) is 0 Å². The number of hydrogen-bond acceptors (Lipinski definition) is 1. The summed E-state index contributed by atoms with van der Waals surface area (Å²) in [6.07, 6.45) is 0. The lowest BCUT2D eigenvalue weighted by molar-refractivity contribution is 0.761. The quantitative estimate of drug-likeness (QED) is 0.500. The predicted octanol–water partition coefficient (Wildman–Crippen LogP) is 5.32. The second kappa shape index (κ2) is 7.60. The van der Waals surface area contributed by atoms with E-state index in [-0.39, 0.29) is 0 Å². The Morgan fingerprint density at radius 1 is 0.792 bits per heavy atom. The average Bonchev–Trinajstić information content (AvgIpc) is 2.67. The zero-order valence-corrected chi connectivity index (χ0v) is 13.9. The summed E-state index contributed by atoms with van der Waals surface area (Å²) >= 11 is 0. The lowest BCUT2D eigenvalue weighted by atomic mass is 10.00. The highest BCUT2D eigenvalue weighted by molar-refractivity contribution is 6.07. The van der Waals surface area contributed by atoms with Gasteiger partial charge in [-0.25, -0.2) is 0 Å². The molecule has 0 aliphatic rings. The Bertz CT molecular complexity index is 767. The lowest BCUT2D eigenvalue weighted by Gasteiger charge is -2.28.